The lowest BCUT2D eigenvalue weighted by Gasteiger charge is -2.36. The SMILES string of the molecule is CCn1c(-c2cccnc2[C@H](C)OC)c2c3cc(ccc31)-c1cc(O)cc(c1)C[C@H](NC(=O)C(C)C1CCCCC1)C(=O)N1CCC[C@H](N1)C(=O)OCC(C)(C)C2. The summed E-state index contributed by atoms with van der Waals surface area (Å²) >= 11 is 0. The van der Waals surface area contributed by atoms with Gasteiger partial charge < -0.3 is 24.5 Å². The van der Waals surface area contributed by atoms with Crippen LogP contribution in [0.15, 0.2) is 54.7 Å². The Hall–Kier alpha value is -4.74. The minimum Gasteiger partial charge on any atom is -0.508 e. The number of phenols is 1. The number of benzene rings is 2. The Bertz CT molecular complexity index is 2120. The Labute approximate surface area is 336 Å². The number of amides is 2. The van der Waals surface area contributed by atoms with Crippen molar-refractivity contribution in [1.29, 1.82) is 0 Å². The Kier molecular flexibility index (Phi) is 12.1. The molecule has 4 aromatic rings. The van der Waals surface area contributed by atoms with Gasteiger partial charge in [-0.1, -0.05) is 52.2 Å². The van der Waals surface area contributed by atoms with E-state index in [9.17, 15) is 19.5 Å². The van der Waals surface area contributed by atoms with Gasteiger partial charge in [-0.2, -0.15) is 0 Å². The van der Waals surface area contributed by atoms with Gasteiger partial charge >= 0.3 is 5.97 Å². The first-order chi connectivity index (χ1) is 27.4. The van der Waals surface area contributed by atoms with E-state index in [0.29, 0.717) is 37.9 Å². The van der Waals surface area contributed by atoms with Gasteiger partial charge in [-0.3, -0.25) is 24.4 Å². The summed E-state index contributed by atoms with van der Waals surface area (Å²) in [7, 11) is 1.69. The van der Waals surface area contributed by atoms with E-state index in [2.05, 4.69) is 60.3 Å². The molecule has 2 aliphatic heterocycles. The van der Waals surface area contributed by atoms with Crippen molar-refractivity contribution in [1.82, 2.24) is 25.3 Å². The molecule has 3 aliphatic rings. The van der Waals surface area contributed by atoms with E-state index in [1.165, 1.54) is 11.4 Å². The second-order valence-electron chi connectivity index (χ2n) is 17.2. The molecule has 1 aliphatic carbocycles. The molecule has 304 valence electrons. The number of phenolic OH excluding ortho intramolecular Hbond substituents is 1. The summed E-state index contributed by atoms with van der Waals surface area (Å²) in [5.41, 5.74) is 10.1. The van der Waals surface area contributed by atoms with Crippen LogP contribution >= 0.6 is 0 Å². The molecule has 4 atom stereocenters. The van der Waals surface area contributed by atoms with Crippen molar-refractivity contribution < 1.29 is 29.0 Å². The summed E-state index contributed by atoms with van der Waals surface area (Å²) in [5.74, 6) is -0.775. The number of esters is 1. The number of rotatable bonds is 7. The quantitative estimate of drug-likeness (QED) is 0.163. The number of aryl methyl sites for hydroxylation is 1. The Balaban J connectivity index is 1.36. The zero-order chi connectivity index (χ0) is 40.4. The number of nitrogens with zero attached hydrogens (tertiary/aromatic N) is 3. The minimum absolute atomic E-state index is 0.0748. The molecular formula is C46H59N5O6. The van der Waals surface area contributed by atoms with Gasteiger partial charge in [-0.05, 0) is 111 Å². The van der Waals surface area contributed by atoms with Crippen molar-refractivity contribution in [2.75, 3.05) is 20.3 Å². The van der Waals surface area contributed by atoms with Crippen LogP contribution in [-0.4, -0.2) is 69.8 Å². The average molecular weight is 778 g/mol. The van der Waals surface area contributed by atoms with Gasteiger partial charge in [0.2, 0.25) is 5.91 Å². The van der Waals surface area contributed by atoms with Crippen LogP contribution in [0, 0.1) is 17.3 Å². The van der Waals surface area contributed by atoms with Crippen LogP contribution in [0.4, 0.5) is 0 Å². The first-order valence-corrected chi connectivity index (χ1v) is 20.9. The molecule has 2 aromatic heterocycles. The van der Waals surface area contributed by atoms with E-state index < -0.39 is 23.5 Å². The maximum atomic E-state index is 14.4. The molecule has 57 heavy (non-hydrogen) atoms. The molecule has 11 nitrogen and oxygen atoms in total. The van der Waals surface area contributed by atoms with Gasteiger partial charge in [-0.25, -0.2) is 5.43 Å². The van der Waals surface area contributed by atoms with E-state index in [1.54, 1.807) is 25.4 Å². The van der Waals surface area contributed by atoms with Gasteiger partial charge in [0, 0.05) is 60.6 Å². The number of aromatic hydroxyl groups is 1. The second-order valence-corrected chi connectivity index (χ2v) is 17.2. The highest BCUT2D eigenvalue weighted by atomic mass is 16.5. The maximum Gasteiger partial charge on any atom is 0.324 e. The number of hydrogen-bond acceptors (Lipinski definition) is 8. The van der Waals surface area contributed by atoms with Gasteiger partial charge in [0.05, 0.1) is 24.1 Å². The molecule has 6 bridgehead atoms. The van der Waals surface area contributed by atoms with Crippen molar-refractivity contribution in [3.63, 3.8) is 0 Å². The van der Waals surface area contributed by atoms with Crippen LogP contribution in [0.25, 0.3) is 33.3 Å². The third-order valence-corrected chi connectivity index (χ3v) is 12.4. The molecule has 3 N–H and O–H groups in total. The minimum atomic E-state index is -0.920. The number of fused-ring (bicyclic) bond motifs is 6. The molecule has 1 saturated carbocycles. The van der Waals surface area contributed by atoms with Gasteiger partial charge in [-0.15, -0.1) is 0 Å². The number of pyridine rings is 1. The molecule has 4 heterocycles. The van der Waals surface area contributed by atoms with Crippen molar-refractivity contribution in [3.8, 4) is 28.1 Å². The molecule has 2 aromatic carbocycles. The molecule has 11 heteroatoms. The Morgan fingerprint density at radius 2 is 1.84 bits per heavy atom. The van der Waals surface area contributed by atoms with E-state index in [0.717, 1.165) is 70.2 Å². The number of nitrogens with one attached hydrogen (secondary N) is 2. The molecule has 7 rings (SSSR count). The fourth-order valence-corrected chi connectivity index (χ4v) is 9.22. The topological polar surface area (TPSA) is 135 Å². The zero-order valence-electron chi connectivity index (χ0n) is 34.4. The fourth-order valence-electron chi connectivity index (χ4n) is 9.22. The van der Waals surface area contributed by atoms with E-state index >= 15 is 0 Å². The molecule has 1 unspecified atom stereocenters. The van der Waals surface area contributed by atoms with E-state index in [4.69, 9.17) is 14.5 Å². The molecule has 1 saturated heterocycles. The highest BCUT2D eigenvalue weighted by Crippen LogP contribution is 2.42. The first kappa shape index (κ1) is 40.5. The maximum absolute atomic E-state index is 14.4. The number of aromatic nitrogens is 2. The largest absolute Gasteiger partial charge is 0.508 e. The van der Waals surface area contributed by atoms with Gasteiger partial charge in [0.15, 0.2) is 0 Å². The summed E-state index contributed by atoms with van der Waals surface area (Å²) in [4.78, 5) is 46.8. The lowest BCUT2D eigenvalue weighted by molar-refractivity contribution is -0.155. The van der Waals surface area contributed by atoms with E-state index in [-0.39, 0.29) is 48.5 Å². The number of methoxy groups -OCH3 is 1. The van der Waals surface area contributed by atoms with Crippen LogP contribution in [-0.2, 0) is 43.2 Å². The summed E-state index contributed by atoms with van der Waals surface area (Å²) in [6.07, 6.45) is 8.84. The van der Waals surface area contributed by atoms with Crippen molar-refractivity contribution in [3.05, 3.63) is 71.5 Å². The van der Waals surface area contributed by atoms with Gasteiger partial charge in [0.1, 0.15) is 17.8 Å². The number of carbonyl (C=O) groups is 3. The van der Waals surface area contributed by atoms with Crippen LogP contribution in [0.2, 0.25) is 0 Å². The number of hydrazine groups is 1. The average Bonchev–Trinajstić information content (AvgIpc) is 3.52. The summed E-state index contributed by atoms with van der Waals surface area (Å²) in [6, 6.07) is 14.2. The highest BCUT2D eigenvalue weighted by Gasteiger charge is 2.36. The van der Waals surface area contributed by atoms with Crippen LogP contribution in [0.5, 0.6) is 5.75 Å². The van der Waals surface area contributed by atoms with Crippen molar-refractivity contribution >= 4 is 28.7 Å². The van der Waals surface area contributed by atoms with Crippen LogP contribution < -0.4 is 10.7 Å². The van der Waals surface area contributed by atoms with Crippen molar-refractivity contribution in [2.24, 2.45) is 17.3 Å². The lowest BCUT2D eigenvalue weighted by Crippen LogP contribution is -2.61. The molecule has 0 spiro atoms. The highest BCUT2D eigenvalue weighted by molar-refractivity contribution is 5.95. The fraction of sp³-hybridized carbons (Fsp3) is 0.522. The van der Waals surface area contributed by atoms with E-state index in [1.807, 2.05) is 26.0 Å². The second kappa shape index (κ2) is 17.0. The van der Waals surface area contributed by atoms with Crippen molar-refractivity contribution in [2.45, 2.75) is 117 Å². The zero-order valence-corrected chi connectivity index (χ0v) is 34.4. The number of hydrogen-bond donors (Lipinski definition) is 3. The third kappa shape index (κ3) is 8.60. The van der Waals surface area contributed by atoms with Crippen LogP contribution in [0.1, 0.15) is 102 Å². The first-order valence-electron chi connectivity index (χ1n) is 20.9. The molecule has 0 radical (unpaired) electrons. The number of cyclic esters (lactones) is 1. The lowest BCUT2D eigenvalue weighted by atomic mass is 9.80. The van der Waals surface area contributed by atoms with Gasteiger partial charge in [0.25, 0.3) is 5.91 Å². The summed E-state index contributed by atoms with van der Waals surface area (Å²) in [6.45, 7) is 11.6. The molecule has 2 fully saturated rings. The molecular weight excluding hydrogens is 719 g/mol. The summed E-state index contributed by atoms with van der Waals surface area (Å²) in [5, 5.41) is 16.8. The summed E-state index contributed by atoms with van der Waals surface area (Å²) < 4.78 is 14.2. The Morgan fingerprint density at radius 3 is 2.60 bits per heavy atom. The molecule has 2 amide bonds. The third-order valence-electron chi connectivity index (χ3n) is 12.4. The normalized spacial score (nSPS) is 21.8. The Morgan fingerprint density at radius 1 is 1.05 bits per heavy atom. The number of ether oxygens (including phenoxy) is 2. The smallest absolute Gasteiger partial charge is 0.324 e. The predicted molar refractivity (Wildman–Crippen MR) is 221 cm³/mol. The standard InChI is InChI=1S/C46H59N5O6/c1-7-50-40-18-17-32-25-36(40)37(42(50)35-15-11-19-47-41(35)29(3)56-6)26-46(4,5)27-57-45(55)38-16-12-20-51(49-38)44(54)39(23-30-21-33(32)24-34(52)22-30)48-43(53)28(2)31-13-9-8-10-14-31/h11,15,17-19,21-22,24-25,28-29,31,38-39,49,52H,7-10,12-14,16,20,23,26-27H2,1-6H3,(H,48,53)/t28?,29-,38-,39-/m0/s1. The number of carbonyl (C=O) groups excluding carboxylic acids is 3. The monoisotopic (exact) mass is 777 g/mol. The predicted octanol–water partition coefficient (Wildman–Crippen LogP) is 7.67. The van der Waals surface area contributed by atoms with Crippen LogP contribution in [0.3, 0.4) is 0 Å².